The number of urea groups is 1. The first-order valence-electron chi connectivity index (χ1n) is 7.57. The number of nitrogens with zero attached hydrogens (tertiary/aromatic N) is 2. The zero-order valence-corrected chi connectivity index (χ0v) is 14.0. The van der Waals surface area contributed by atoms with Crippen molar-refractivity contribution in [1.82, 2.24) is 14.1 Å². The Kier molecular flexibility index (Phi) is 5.07. The van der Waals surface area contributed by atoms with Crippen molar-refractivity contribution in [1.29, 1.82) is 0 Å². The number of hydrogen-bond acceptors (Lipinski definition) is 6. The lowest BCUT2D eigenvalue weighted by molar-refractivity contribution is 0.213. The molecular weight excluding hydrogens is 328 g/mol. The van der Waals surface area contributed by atoms with Crippen LogP contribution >= 0.6 is 11.7 Å². The molecule has 0 aliphatic rings. The fourth-order valence-corrected chi connectivity index (χ4v) is 2.96. The second-order valence-electron chi connectivity index (χ2n) is 5.56. The molecule has 0 saturated heterocycles. The molecule has 0 fully saturated rings. The summed E-state index contributed by atoms with van der Waals surface area (Å²) >= 11 is 1.11. The number of amides is 2. The Morgan fingerprint density at radius 3 is 3.00 bits per heavy atom. The van der Waals surface area contributed by atoms with Crippen LogP contribution in [0.25, 0.3) is 11.0 Å². The van der Waals surface area contributed by atoms with E-state index >= 15 is 0 Å². The highest BCUT2D eigenvalue weighted by Gasteiger charge is 2.14. The van der Waals surface area contributed by atoms with Gasteiger partial charge in [-0.25, -0.2) is 4.79 Å². The molecular formula is C16H18N4O3S. The van der Waals surface area contributed by atoms with Gasteiger partial charge in [-0.2, -0.15) is 8.75 Å². The van der Waals surface area contributed by atoms with Crippen LogP contribution in [-0.4, -0.2) is 33.0 Å². The molecule has 0 unspecified atom stereocenters. The van der Waals surface area contributed by atoms with Crippen LogP contribution < -0.4 is 10.6 Å². The number of anilines is 1. The highest BCUT2D eigenvalue weighted by Crippen LogP contribution is 2.25. The molecule has 3 aromatic rings. The lowest BCUT2D eigenvalue weighted by Gasteiger charge is -2.15. The van der Waals surface area contributed by atoms with E-state index in [2.05, 4.69) is 19.4 Å². The van der Waals surface area contributed by atoms with Gasteiger partial charge in [0.25, 0.3) is 0 Å². The van der Waals surface area contributed by atoms with Gasteiger partial charge < -0.3 is 20.2 Å². The van der Waals surface area contributed by atoms with Crippen LogP contribution in [0.5, 0.6) is 0 Å². The lowest BCUT2D eigenvalue weighted by Crippen LogP contribution is -2.35. The summed E-state index contributed by atoms with van der Waals surface area (Å²) in [5.41, 5.74) is 3.02. The Balaban J connectivity index is 1.60. The van der Waals surface area contributed by atoms with Crippen molar-refractivity contribution in [3.8, 4) is 0 Å². The molecule has 2 amide bonds. The first-order chi connectivity index (χ1) is 11.7. The fraction of sp³-hybridized carbons (Fsp3) is 0.312. The smallest absolute Gasteiger partial charge is 0.319 e. The number of fused-ring (bicyclic) bond motifs is 1. The molecule has 1 atom stereocenters. The summed E-state index contributed by atoms with van der Waals surface area (Å²) in [6, 6.07) is 7.09. The predicted molar refractivity (Wildman–Crippen MR) is 92.2 cm³/mol. The monoisotopic (exact) mass is 346 g/mol. The average molecular weight is 346 g/mol. The van der Waals surface area contributed by atoms with Crippen LogP contribution in [0.15, 0.2) is 34.9 Å². The summed E-state index contributed by atoms with van der Waals surface area (Å²) in [6.07, 6.45) is 2.16. The fourth-order valence-electron chi connectivity index (χ4n) is 2.42. The highest BCUT2D eigenvalue weighted by atomic mass is 32.1. The molecule has 2 aromatic heterocycles. The number of carbonyl (C=O) groups excluding carboxylic acids is 1. The molecule has 0 saturated carbocycles. The second-order valence-corrected chi connectivity index (χ2v) is 6.08. The number of aryl methyl sites for hydroxylation is 1. The number of rotatable bonds is 6. The summed E-state index contributed by atoms with van der Waals surface area (Å²) in [6.45, 7) is 2.21. The minimum atomic E-state index is -0.337. The van der Waals surface area contributed by atoms with Crippen molar-refractivity contribution < 1.29 is 14.3 Å². The van der Waals surface area contributed by atoms with Gasteiger partial charge in [-0.15, -0.1) is 0 Å². The molecule has 7 nitrogen and oxygen atoms in total. The summed E-state index contributed by atoms with van der Waals surface area (Å²) < 4.78 is 13.7. The Labute approximate surface area is 143 Å². The maximum Gasteiger partial charge on any atom is 0.319 e. The molecule has 1 aromatic carbocycles. The van der Waals surface area contributed by atoms with E-state index in [1.54, 1.807) is 12.3 Å². The van der Waals surface area contributed by atoms with Gasteiger partial charge >= 0.3 is 6.03 Å². The number of aromatic nitrogens is 2. The predicted octanol–water partition coefficient (Wildman–Crippen LogP) is 2.57. The summed E-state index contributed by atoms with van der Waals surface area (Å²) in [5.74, 6) is 0.671. The second kappa shape index (κ2) is 7.41. The van der Waals surface area contributed by atoms with Crippen molar-refractivity contribution in [3.05, 3.63) is 41.9 Å². The van der Waals surface area contributed by atoms with Gasteiger partial charge in [0.05, 0.1) is 23.7 Å². The summed E-state index contributed by atoms with van der Waals surface area (Å²) in [5, 5.41) is 15.1. The number of nitrogens with one attached hydrogen (secondary N) is 2. The Hall–Kier alpha value is -2.45. The van der Waals surface area contributed by atoms with Gasteiger partial charge in [-0.3, -0.25) is 0 Å². The minimum absolute atomic E-state index is 0.0361. The third-order valence-corrected chi connectivity index (χ3v) is 4.30. The van der Waals surface area contributed by atoms with E-state index in [1.807, 2.05) is 25.1 Å². The largest absolute Gasteiger partial charge is 0.469 e. The molecule has 24 heavy (non-hydrogen) atoms. The maximum absolute atomic E-state index is 12.2. The molecule has 8 heteroatoms. The van der Waals surface area contributed by atoms with Crippen molar-refractivity contribution in [2.75, 3.05) is 18.5 Å². The Morgan fingerprint density at radius 2 is 2.25 bits per heavy atom. The average Bonchev–Trinajstić information content (AvgIpc) is 3.25. The molecule has 0 aliphatic carbocycles. The van der Waals surface area contributed by atoms with Gasteiger partial charge in [0, 0.05) is 25.5 Å². The van der Waals surface area contributed by atoms with Gasteiger partial charge in [0.1, 0.15) is 16.8 Å². The number of furan rings is 1. The van der Waals surface area contributed by atoms with E-state index in [0.717, 1.165) is 28.6 Å². The maximum atomic E-state index is 12.2. The number of hydrogen-bond donors (Lipinski definition) is 3. The van der Waals surface area contributed by atoms with E-state index in [1.165, 1.54) is 0 Å². The minimum Gasteiger partial charge on any atom is -0.469 e. The Morgan fingerprint density at radius 1 is 1.38 bits per heavy atom. The zero-order chi connectivity index (χ0) is 16.9. The molecule has 0 spiro atoms. The lowest BCUT2D eigenvalue weighted by atomic mass is 10.1. The zero-order valence-electron chi connectivity index (χ0n) is 13.2. The number of benzene rings is 1. The molecule has 126 valence electrons. The van der Waals surface area contributed by atoms with Crippen LogP contribution in [0.3, 0.4) is 0 Å². The molecule has 2 heterocycles. The van der Waals surface area contributed by atoms with Crippen molar-refractivity contribution in [2.45, 2.75) is 13.3 Å². The van der Waals surface area contributed by atoms with Crippen LogP contribution in [0.2, 0.25) is 0 Å². The number of carbonyl (C=O) groups is 1. The van der Waals surface area contributed by atoms with Gasteiger partial charge in [-0.05, 0) is 30.7 Å². The van der Waals surface area contributed by atoms with E-state index in [4.69, 9.17) is 4.42 Å². The molecule has 0 bridgehead atoms. The summed E-state index contributed by atoms with van der Waals surface area (Å²) in [4.78, 5) is 12.2. The van der Waals surface area contributed by atoms with Crippen molar-refractivity contribution in [2.24, 2.45) is 5.92 Å². The topological polar surface area (TPSA) is 100 Å². The van der Waals surface area contributed by atoms with Crippen LogP contribution in [0, 0.1) is 12.8 Å². The van der Waals surface area contributed by atoms with E-state index in [0.29, 0.717) is 24.2 Å². The number of aliphatic hydroxyl groups excluding tert-OH is 1. The van der Waals surface area contributed by atoms with E-state index in [9.17, 15) is 9.90 Å². The van der Waals surface area contributed by atoms with Crippen molar-refractivity contribution in [3.63, 3.8) is 0 Å². The highest BCUT2D eigenvalue weighted by molar-refractivity contribution is 7.00. The number of aliphatic hydroxyl groups is 1. The Bertz CT molecular complexity index is 816. The molecule has 0 radical (unpaired) electrons. The SMILES string of the molecule is Cc1ccc2nsnc2c1NC(=O)NC[C@@H](CO)Cc1ccco1. The van der Waals surface area contributed by atoms with Gasteiger partial charge in [-0.1, -0.05) is 6.07 Å². The normalized spacial score (nSPS) is 12.2. The van der Waals surface area contributed by atoms with Gasteiger partial charge in [0.15, 0.2) is 0 Å². The van der Waals surface area contributed by atoms with Gasteiger partial charge in [0.2, 0.25) is 0 Å². The third-order valence-electron chi connectivity index (χ3n) is 3.75. The van der Waals surface area contributed by atoms with Crippen molar-refractivity contribution >= 4 is 34.5 Å². The summed E-state index contributed by atoms with van der Waals surface area (Å²) in [7, 11) is 0. The first-order valence-corrected chi connectivity index (χ1v) is 8.30. The third kappa shape index (κ3) is 3.72. The molecule has 0 aliphatic heterocycles. The van der Waals surface area contributed by atoms with Crippen LogP contribution in [-0.2, 0) is 6.42 Å². The van der Waals surface area contributed by atoms with Crippen LogP contribution in [0.1, 0.15) is 11.3 Å². The molecule has 3 rings (SSSR count). The molecule has 3 N–H and O–H groups in total. The van der Waals surface area contributed by atoms with E-state index in [-0.39, 0.29) is 18.6 Å². The van der Waals surface area contributed by atoms with Crippen LogP contribution in [0.4, 0.5) is 10.5 Å². The van der Waals surface area contributed by atoms with E-state index < -0.39 is 0 Å². The quantitative estimate of drug-likeness (QED) is 0.637. The first kappa shape index (κ1) is 16.4. The standard InChI is InChI=1S/C16H18N4O3S/c1-10-4-5-13-15(20-24-19-13)14(10)18-16(22)17-8-11(9-21)7-12-3-2-6-23-12/h2-6,11,21H,7-9H2,1H3,(H2,17,18,22)/t11-/m0/s1.